The Labute approximate surface area is 154 Å². The molecule has 2 aromatic rings. The summed E-state index contributed by atoms with van der Waals surface area (Å²) in [7, 11) is 0. The van der Waals surface area contributed by atoms with Gasteiger partial charge in [0.1, 0.15) is 17.9 Å². The predicted molar refractivity (Wildman–Crippen MR) is 102 cm³/mol. The van der Waals surface area contributed by atoms with E-state index in [1.807, 2.05) is 42.2 Å². The first kappa shape index (κ1) is 18.2. The van der Waals surface area contributed by atoms with Crippen LogP contribution in [0.3, 0.4) is 0 Å². The third-order valence-electron chi connectivity index (χ3n) is 4.34. The van der Waals surface area contributed by atoms with Gasteiger partial charge in [-0.3, -0.25) is 4.79 Å². The lowest BCUT2D eigenvalue weighted by molar-refractivity contribution is 0.0746. The smallest absolute Gasteiger partial charge is 0.254 e. The normalized spacial score (nSPS) is 14.6. The van der Waals surface area contributed by atoms with Crippen LogP contribution >= 0.6 is 0 Å². The van der Waals surface area contributed by atoms with Crippen molar-refractivity contribution in [1.29, 1.82) is 0 Å². The monoisotopic (exact) mass is 354 g/mol. The van der Waals surface area contributed by atoms with Gasteiger partial charge in [-0.1, -0.05) is 19.9 Å². The molecule has 0 aliphatic carbocycles. The zero-order chi connectivity index (χ0) is 18.5. The van der Waals surface area contributed by atoms with Crippen LogP contribution in [-0.4, -0.2) is 53.6 Å². The lowest BCUT2D eigenvalue weighted by atomic mass is 10.1. The standard InChI is InChI=1S/C20H26N4O2/c1-15(2)13-26-18-6-4-5-17(12-18)20(25)24-9-7-23(8-10-24)19-11-16(3)21-14-22-19/h4-6,11-12,14-15H,7-10,13H2,1-3H3. The van der Waals surface area contributed by atoms with E-state index in [1.165, 1.54) is 0 Å². The number of carbonyl (C=O) groups is 1. The van der Waals surface area contributed by atoms with Crippen molar-refractivity contribution in [2.45, 2.75) is 20.8 Å². The second kappa shape index (κ2) is 8.17. The van der Waals surface area contributed by atoms with Crippen molar-refractivity contribution < 1.29 is 9.53 Å². The fourth-order valence-corrected chi connectivity index (χ4v) is 2.92. The fraction of sp³-hybridized carbons (Fsp3) is 0.450. The van der Waals surface area contributed by atoms with Gasteiger partial charge in [-0.2, -0.15) is 0 Å². The van der Waals surface area contributed by atoms with E-state index in [9.17, 15) is 4.79 Å². The molecule has 138 valence electrons. The molecule has 6 heteroatoms. The first-order valence-corrected chi connectivity index (χ1v) is 9.08. The summed E-state index contributed by atoms with van der Waals surface area (Å²) < 4.78 is 5.74. The Morgan fingerprint density at radius 1 is 1.15 bits per heavy atom. The van der Waals surface area contributed by atoms with Crippen LogP contribution in [0.25, 0.3) is 0 Å². The molecule has 6 nitrogen and oxygen atoms in total. The highest BCUT2D eigenvalue weighted by atomic mass is 16.5. The van der Waals surface area contributed by atoms with Crippen LogP contribution in [0.2, 0.25) is 0 Å². The van der Waals surface area contributed by atoms with Gasteiger partial charge in [0.25, 0.3) is 5.91 Å². The number of amides is 1. The minimum atomic E-state index is 0.0542. The molecular weight excluding hydrogens is 328 g/mol. The van der Waals surface area contributed by atoms with Crippen molar-refractivity contribution in [3.05, 3.63) is 47.9 Å². The SMILES string of the molecule is Cc1cc(N2CCN(C(=O)c3cccc(OCC(C)C)c3)CC2)ncn1. The van der Waals surface area contributed by atoms with Gasteiger partial charge < -0.3 is 14.5 Å². The highest BCUT2D eigenvalue weighted by molar-refractivity contribution is 5.94. The lowest BCUT2D eigenvalue weighted by Crippen LogP contribution is -2.49. The molecule has 2 heterocycles. The van der Waals surface area contributed by atoms with E-state index in [0.29, 0.717) is 31.2 Å². The van der Waals surface area contributed by atoms with Gasteiger partial charge in [-0.05, 0) is 31.0 Å². The summed E-state index contributed by atoms with van der Waals surface area (Å²) in [5, 5.41) is 0. The predicted octanol–water partition coefficient (Wildman–Crippen LogP) is 2.78. The van der Waals surface area contributed by atoms with Crippen LogP contribution in [0.4, 0.5) is 5.82 Å². The third kappa shape index (κ3) is 4.50. The maximum atomic E-state index is 12.8. The molecule has 1 saturated heterocycles. The van der Waals surface area contributed by atoms with Crippen molar-refractivity contribution >= 4 is 11.7 Å². The molecule has 0 atom stereocenters. The Balaban J connectivity index is 1.60. The van der Waals surface area contributed by atoms with Crippen LogP contribution in [0.5, 0.6) is 5.75 Å². The number of rotatable bonds is 5. The molecule has 0 unspecified atom stereocenters. The van der Waals surface area contributed by atoms with Gasteiger partial charge in [0.05, 0.1) is 6.61 Å². The van der Waals surface area contributed by atoms with Crippen LogP contribution < -0.4 is 9.64 Å². The van der Waals surface area contributed by atoms with E-state index in [0.717, 1.165) is 30.4 Å². The molecule has 0 radical (unpaired) electrons. The number of ether oxygens (including phenoxy) is 1. The van der Waals surface area contributed by atoms with E-state index >= 15 is 0 Å². The molecule has 3 rings (SSSR count). The Morgan fingerprint density at radius 3 is 2.62 bits per heavy atom. The highest BCUT2D eigenvalue weighted by Crippen LogP contribution is 2.18. The van der Waals surface area contributed by atoms with Crippen LogP contribution in [0.15, 0.2) is 36.7 Å². The van der Waals surface area contributed by atoms with Crippen molar-refractivity contribution in [1.82, 2.24) is 14.9 Å². The van der Waals surface area contributed by atoms with Gasteiger partial charge in [-0.25, -0.2) is 9.97 Å². The number of aromatic nitrogens is 2. The quantitative estimate of drug-likeness (QED) is 0.826. The van der Waals surface area contributed by atoms with E-state index in [4.69, 9.17) is 4.74 Å². The molecule has 1 aromatic heterocycles. The number of hydrogen-bond donors (Lipinski definition) is 0. The molecule has 1 aliphatic heterocycles. The van der Waals surface area contributed by atoms with Gasteiger partial charge in [-0.15, -0.1) is 0 Å². The molecule has 0 N–H and O–H groups in total. The summed E-state index contributed by atoms with van der Waals surface area (Å²) in [6, 6.07) is 9.44. The number of benzene rings is 1. The Morgan fingerprint density at radius 2 is 1.92 bits per heavy atom. The van der Waals surface area contributed by atoms with E-state index in [2.05, 4.69) is 28.7 Å². The zero-order valence-corrected chi connectivity index (χ0v) is 15.7. The number of anilines is 1. The summed E-state index contributed by atoms with van der Waals surface area (Å²) in [6.45, 7) is 9.71. The van der Waals surface area contributed by atoms with Crippen LogP contribution in [0.1, 0.15) is 29.9 Å². The minimum absolute atomic E-state index is 0.0542. The number of hydrogen-bond acceptors (Lipinski definition) is 5. The average molecular weight is 354 g/mol. The van der Waals surface area contributed by atoms with Crippen molar-refractivity contribution in [3.8, 4) is 5.75 Å². The molecular formula is C20H26N4O2. The number of piperazine rings is 1. The Kier molecular flexibility index (Phi) is 5.71. The Bertz CT molecular complexity index is 755. The molecule has 1 fully saturated rings. The number of nitrogens with zero attached hydrogens (tertiary/aromatic N) is 4. The number of aryl methyl sites for hydroxylation is 1. The zero-order valence-electron chi connectivity index (χ0n) is 15.7. The summed E-state index contributed by atoms with van der Waals surface area (Å²) in [5.74, 6) is 2.18. The van der Waals surface area contributed by atoms with Gasteiger partial charge >= 0.3 is 0 Å². The average Bonchev–Trinajstić information content (AvgIpc) is 2.66. The second-order valence-electron chi connectivity index (χ2n) is 7.03. The summed E-state index contributed by atoms with van der Waals surface area (Å²) in [6.07, 6.45) is 1.59. The summed E-state index contributed by atoms with van der Waals surface area (Å²) in [5.41, 5.74) is 1.63. The maximum Gasteiger partial charge on any atom is 0.254 e. The van der Waals surface area contributed by atoms with Gasteiger partial charge in [0.2, 0.25) is 0 Å². The molecule has 0 bridgehead atoms. The van der Waals surface area contributed by atoms with Crippen molar-refractivity contribution in [2.75, 3.05) is 37.7 Å². The Hall–Kier alpha value is -2.63. The first-order valence-electron chi connectivity index (χ1n) is 9.08. The lowest BCUT2D eigenvalue weighted by Gasteiger charge is -2.35. The molecule has 1 aliphatic rings. The first-order chi connectivity index (χ1) is 12.5. The minimum Gasteiger partial charge on any atom is -0.493 e. The van der Waals surface area contributed by atoms with Gasteiger partial charge in [0, 0.05) is 43.5 Å². The fourth-order valence-electron chi connectivity index (χ4n) is 2.92. The van der Waals surface area contributed by atoms with E-state index in [1.54, 1.807) is 6.33 Å². The largest absolute Gasteiger partial charge is 0.493 e. The van der Waals surface area contributed by atoms with Crippen molar-refractivity contribution in [3.63, 3.8) is 0 Å². The van der Waals surface area contributed by atoms with Crippen LogP contribution in [0, 0.1) is 12.8 Å². The van der Waals surface area contributed by atoms with E-state index < -0.39 is 0 Å². The van der Waals surface area contributed by atoms with Crippen LogP contribution in [-0.2, 0) is 0 Å². The van der Waals surface area contributed by atoms with Gasteiger partial charge in [0.15, 0.2) is 0 Å². The summed E-state index contributed by atoms with van der Waals surface area (Å²) >= 11 is 0. The molecule has 0 saturated carbocycles. The molecule has 0 spiro atoms. The third-order valence-corrected chi connectivity index (χ3v) is 4.34. The summed E-state index contributed by atoms with van der Waals surface area (Å²) in [4.78, 5) is 25.4. The molecule has 26 heavy (non-hydrogen) atoms. The highest BCUT2D eigenvalue weighted by Gasteiger charge is 2.23. The van der Waals surface area contributed by atoms with Crippen molar-refractivity contribution in [2.24, 2.45) is 5.92 Å². The van der Waals surface area contributed by atoms with E-state index in [-0.39, 0.29) is 5.91 Å². The second-order valence-corrected chi connectivity index (χ2v) is 7.03. The topological polar surface area (TPSA) is 58.6 Å². The number of carbonyl (C=O) groups excluding carboxylic acids is 1. The molecule has 1 aromatic carbocycles. The molecule has 1 amide bonds. The maximum absolute atomic E-state index is 12.8.